The van der Waals surface area contributed by atoms with E-state index >= 15 is 0 Å². The van der Waals surface area contributed by atoms with Crippen molar-refractivity contribution in [1.29, 1.82) is 0 Å². The molecule has 0 aliphatic carbocycles. The minimum absolute atomic E-state index is 0.189. The van der Waals surface area contributed by atoms with Crippen LogP contribution < -0.4 is 0 Å². The molecule has 6 nitrogen and oxygen atoms in total. The van der Waals surface area contributed by atoms with E-state index in [2.05, 4.69) is 10.1 Å². The summed E-state index contributed by atoms with van der Waals surface area (Å²) in [5, 5.41) is 13.9. The third kappa shape index (κ3) is 4.42. The molecule has 28 heavy (non-hydrogen) atoms. The maximum atomic E-state index is 13.0. The lowest BCUT2D eigenvalue weighted by molar-refractivity contribution is 0.0441. The second-order valence-corrected chi connectivity index (χ2v) is 7.84. The maximum absolute atomic E-state index is 13.0. The molecule has 2 aliphatic rings. The first-order chi connectivity index (χ1) is 13.6. The molecule has 2 fully saturated rings. The van der Waals surface area contributed by atoms with Gasteiger partial charge in [-0.05, 0) is 56.5 Å². The summed E-state index contributed by atoms with van der Waals surface area (Å²) < 4.78 is 18.4. The third-order valence-electron chi connectivity index (χ3n) is 5.75. The van der Waals surface area contributed by atoms with Crippen LogP contribution >= 0.6 is 0 Å². The summed E-state index contributed by atoms with van der Waals surface area (Å²) >= 11 is 0. The Bertz CT molecular complexity index is 799. The predicted octanol–water partition coefficient (Wildman–Crippen LogP) is 2.79. The number of likely N-dealkylation sites (tertiary alicyclic amines) is 2. The molecule has 3 heterocycles. The number of aliphatic hydroxyl groups excluding tert-OH is 1. The number of rotatable bonds is 4. The molecule has 2 aliphatic heterocycles. The van der Waals surface area contributed by atoms with Crippen LogP contribution in [-0.4, -0.2) is 58.3 Å². The molecule has 0 unspecified atom stereocenters. The Hall–Kier alpha value is -2.25. The Kier molecular flexibility index (Phi) is 5.73. The summed E-state index contributed by atoms with van der Waals surface area (Å²) in [4.78, 5) is 16.6. The van der Waals surface area contributed by atoms with Crippen LogP contribution in [0.5, 0.6) is 0 Å². The summed E-state index contributed by atoms with van der Waals surface area (Å²) in [5.41, 5.74) is 1.94. The number of piperidine rings is 2. The molecular formula is C21H26FN3O3. The number of nitrogens with zero attached hydrogens (tertiary/aromatic N) is 3. The largest absolute Gasteiger partial charge is 0.391 e. The monoisotopic (exact) mass is 387 g/mol. The lowest BCUT2D eigenvalue weighted by Crippen LogP contribution is -2.42. The van der Waals surface area contributed by atoms with E-state index in [-0.39, 0.29) is 23.4 Å². The van der Waals surface area contributed by atoms with Gasteiger partial charge in [0.05, 0.1) is 11.8 Å². The molecule has 1 aromatic carbocycles. The average molecular weight is 387 g/mol. The molecule has 0 spiro atoms. The van der Waals surface area contributed by atoms with E-state index in [1.54, 1.807) is 11.0 Å². The van der Waals surface area contributed by atoms with Gasteiger partial charge in [-0.25, -0.2) is 4.39 Å². The van der Waals surface area contributed by atoms with Crippen molar-refractivity contribution in [1.82, 2.24) is 15.0 Å². The Morgan fingerprint density at radius 2 is 1.93 bits per heavy atom. The van der Waals surface area contributed by atoms with Crippen LogP contribution in [0.25, 0.3) is 0 Å². The van der Waals surface area contributed by atoms with Crippen LogP contribution in [0.4, 0.5) is 4.39 Å². The number of aromatic nitrogens is 1. The number of aliphatic hydroxyl groups is 1. The first kappa shape index (κ1) is 19.1. The van der Waals surface area contributed by atoms with Gasteiger partial charge in [0.25, 0.3) is 5.91 Å². The highest BCUT2D eigenvalue weighted by molar-refractivity contribution is 5.91. The topological polar surface area (TPSA) is 69.8 Å². The lowest BCUT2D eigenvalue weighted by Gasteiger charge is -2.31. The van der Waals surface area contributed by atoms with Crippen molar-refractivity contribution < 1.29 is 18.8 Å². The predicted molar refractivity (Wildman–Crippen MR) is 101 cm³/mol. The van der Waals surface area contributed by atoms with Gasteiger partial charge in [0.15, 0.2) is 0 Å². The summed E-state index contributed by atoms with van der Waals surface area (Å²) in [6, 6.07) is 8.42. The van der Waals surface area contributed by atoms with Crippen LogP contribution in [0, 0.1) is 5.82 Å². The van der Waals surface area contributed by atoms with Crippen LogP contribution in [0.2, 0.25) is 0 Å². The highest BCUT2D eigenvalue weighted by Gasteiger charge is 2.28. The molecule has 1 N–H and O–H groups in total. The van der Waals surface area contributed by atoms with E-state index in [0.29, 0.717) is 13.1 Å². The molecular weight excluding hydrogens is 361 g/mol. The quantitative estimate of drug-likeness (QED) is 0.874. The SMILES string of the molecule is O=C(c1cc(C2CCN(Cc3ccc(F)cc3)CC2)no1)N1CCC[C@@H](O)C1. The first-order valence-corrected chi connectivity index (χ1v) is 9.99. The van der Waals surface area contributed by atoms with Crippen LogP contribution in [-0.2, 0) is 6.54 Å². The van der Waals surface area contributed by atoms with Crippen molar-refractivity contribution in [3.05, 3.63) is 53.2 Å². The van der Waals surface area contributed by atoms with Crippen LogP contribution in [0.15, 0.2) is 34.9 Å². The highest BCUT2D eigenvalue weighted by Crippen LogP contribution is 2.29. The van der Waals surface area contributed by atoms with E-state index in [1.807, 2.05) is 12.1 Å². The van der Waals surface area contributed by atoms with E-state index in [9.17, 15) is 14.3 Å². The van der Waals surface area contributed by atoms with E-state index in [1.165, 1.54) is 12.1 Å². The fraction of sp³-hybridized carbons (Fsp3) is 0.524. The molecule has 0 saturated carbocycles. The fourth-order valence-corrected chi connectivity index (χ4v) is 4.11. The summed E-state index contributed by atoms with van der Waals surface area (Å²) in [6.07, 6.45) is 2.99. The Morgan fingerprint density at radius 3 is 2.64 bits per heavy atom. The molecule has 2 saturated heterocycles. The highest BCUT2D eigenvalue weighted by atomic mass is 19.1. The van der Waals surface area contributed by atoms with E-state index in [4.69, 9.17) is 4.52 Å². The van der Waals surface area contributed by atoms with Crippen molar-refractivity contribution in [2.75, 3.05) is 26.2 Å². The van der Waals surface area contributed by atoms with Crippen molar-refractivity contribution in [3.8, 4) is 0 Å². The number of carbonyl (C=O) groups is 1. The summed E-state index contributed by atoms with van der Waals surface area (Å²) in [5.74, 6) is 0.142. The van der Waals surface area contributed by atoms with Gasteiger partial charge in [-0.1, -0.05) is 17.3 Å². The molecule has 1 atom stereocenters. The zero-order chi connectivity index (χ0) is 19.5. The normalized spacial score (nSPS) is 21.8. The number of hydrogen-bond donors (Lipinski definition) is 1. The Balaban J connectivity index is 1.31. The van der Waals surface area contributed by atoms with Crippen LogP contribution in [0.1, 0.15) is 53.4 Å². The minimum Gasteiger partial charge on any atom is -0.391 e. The standard InChI is InChI=1S/C21H26FN3O3/c22-17-5-3-15(4-6-17)13-24-10-7-16(8-11-24)19-12-20(28-23-19)21(27)25-9-1-2-18(26)14-25/h3-6,12,16,18,26H,1-2,7-11,13-14H2/t18-/m1/s1. The van der Waals surface area contributed by atoms with Gasteiger partial charge >= 0.3 is 0 Å². The minimum atomic E-state index is -0.453. The second kappa shape index (κ2) is 8.41. The zero-order valence-corrected chi connectivity index (χ0v) is 15.9. The maximum Gasteiger partial charge on any atom is 0.292 e. The van der Waals surface area contributed by atoms with Gasteiger partial charge in [0.2, 0.25) is 5.76 Å². The molecule has 2 aromatic rings. The lowest BCUT2D eigenvalue weighted by atomic mass is 9.93. The molecule has 4 rings (SSSR count). The molecule has 7 heteroatoms. The zero-order valence-electron chi connectivity index (χ0n) is 15.9. The number of amides is 1. The van der Waals surface area contributed by atoms with Crippen molar-refractivity contribution in [2.24, 2.45) is 0 Å². The van der Waals surface area contributed by atoms with Gasteiger partial charge in [-0.15, -0.1) is 0 Å². The number of halogens is 1. The van der Waals surface area contributed by atoms with Crippen molar-refractivity contribution >= 4 is 5.91 Å². The molecule has 150 valence electrons. The van der Waals surface area contributed by atoms with Gasteiger partial charge in [-0.3, -0.25) is 9.69 Å². The number of β-amino-alcohol motifs (C(OH)–C–C–N with tert-alkyl or cyclic N) is 1. The van der Waals surface area contributed by atoms with Crippen molar-refractivity contribution in [3.63, 3.8) is 0 Å². The Labute approximate surface area is 163 Å². The van der Waals surface area contributed by atoms with Crippen molar-refractivity contribution in [2.45, 2.75) is 44.2 Å². The fourth-order valence-electron chi connectivity index (χ4n) is 4.11. The molecule has 1 aromatic heterocycles. The smallest absolute Gasteiger partial charge is 0.292 e. The van der Waals surface area contributed by atoms with E-state index < -0.39 is 6.10 Å². The number of carbonyl (C=O) groups excluding carboxylic acids is 1. The molecule has 0 bridgehead atoms. The van der Waals surface area contributed by atoms with Gasteiger partial charge < -0.3 is 14.5 Å². The van der Waals surface area contributed by atoms with E-state index in [0.717, 1.165) is 56.6 Å². The second-order valence-electron chi connectivity index (χ2n) is 7.84. The average Bonchev–Trinajstić information content (AvgIpc) is 3.20. The van der Waals surface area contributed by atoms with Gasteiger partial charge in [0.1, 0.15) is 5.82 Å². The number of benzene rings is 1. The molecule has 1 amide bonds. The summed E-state index contributed by atoms with van der Waals surface area (Å²) in [7, 11) is 0. The van der Waals surface area contributed by atoms with Gasteiger partial charge in [0, 0.05) is 31.6 Å². The number of hydrogen-bond acceptors (Lipinski definition) is 5. The summed E-state index contributed by atoms with van der Waals surface area (Å²) in [6.45, 7) is 3.67. The first-order valence-electron chi connectivity index (χ1n) is 9.99. The van der Waals surface area contributed by atoms with Gasteiger partial charge in [-0.2, -0.15) is 0 Å². The molecule has 0 radical (unpaired) electrons. The third-order valence-corrected chi connectivity index (χ3v) is 5.75. The Morgan fingerprint density at radius 1 is 1.18 bits per heavy atom. The van der Waals surface area contributed by atoms with Crippen LogP contribution in [0.3, 0.4) is 0 Å².